The van der Waals surface area contributed by atoms with Crippen LogP contribution < -0.4 is 0 Å². The first-order chi connectivity index (χ1) is 8.15. The van der Waals surface area contributed by atoms with Gasteiger partial charge in [-0.25, -0.2) is 0 Å². The van der Waals surface area contributed by atoms with Crippen LogP contribution in [0.3, 0.4) is 0 Å². The third-order valence-corrected chi connectivity index (χ3v) is 3.19. The summed E-state index contributed by atoms with van der Waals surface area (Å²) < 4.78 is 5.39. The zero-order chi connectivity index (χ0) is 12.4. The number of esters is 1. The first-order valence-electron chi connectivity index (χ1n) is 5.88. The molecule has 1 aromatic rings. The van der Waals surface area contributed by atoms with Gasteiger partial charge in [0.1, 0.15) is 6.10 Å². The molecule has 3 heteroatoms. The summed E-state index contributed by atoms with van der Waals surface area (Å²) in [6, 6.07) is 6.09. The molecule has 3 nitrogen and oxygen atoms in total. The monoisotopic (exact) mass is 229 g/mol. The zero-order valence-electron chi connectivity index (χ0n) is 10.1. The van der Waals surface area contributed by atoms with Crippen LogP contribution in [0.25, 0.3) is 0 Å². The van der Waals surface area contributed by atoms with Gasteiger partial charge < -0.3 is 4.74 Å². The van der Waals surface area contributed by atoms with Crippen LogP contribution in [0, 0.1) is 18.3 Å². The van der Waals surface area contributed by atoms with Crippen molar-refractivity contribution in [3.8, 4) is 6.07 Å². The van der Waals surface area contributed by atoms with Gasteiger partial charge in [0.2, 0.25) is 0 Å². The molecule has 0 spiro atoms. The molecule has 1 unspecified atom stereocenters. The van der Waals surface area contributed by atoms with Crippen molar-refractivity contribution < 1.29 is 9.53 Å². The van der Waals surface area contributed by atoms with E-state index in [2.05, 4.69) is 6.07 Å². The van der Waals surface area contributed by atoms with Gasteiger partial charge in [-0.2, -0.15) is 5.26 Å². The number of aryl methyl sites for hydroxylation is 2. The molecule has 2 rings (SSSR count). The minimum absolute atomic E-state index is 0.121. The largest absolute Gasteiger partial charge is 0.457 e. The molecule has 1 aromatic carbocycles. The lowest BCUT2D eigenvalue weighted by Gasteiger charge is -2.13. The lowest BCUT2D eigenvalue weighted by atomic mass is 10.0. The highest BCUT2D eigenvalue weighted by Crippen LogP contribution is 2.35. The van der Waals surface area contributed by atoms with Crippen LogP contribution in [0.5, 0.6) is 0 Å². The lowest BCUT2D eigenvalue weighted by Crippen LogP contribution is -2.08. The highest BCUT2D eigenvalue weighted by molar-refractivity contribution is 5.69. The number of fused-ring (bicyclic) bond motifs is 1. The molecule has 0 fully saturated rings. The number of carbonyl (C=O) groups excluding carboxylic acids is 1. The van der Waals surface area contributed by atoms with Crippen molar-refractivity contribution in [2.75, 3.05) is 0 Å². The quantitative estimate of drug-likeness (QED) is 0.733. The van der Waals surface area contributed by atoms with Gasteiger partial charge in [-0.1, -0.05) is 13.0 Å². The van der Waals surface area contributed by atoms with E-state index in [0.29, 0.717) is 12.0 Å². The molecule has 1 aliphatic carbocycles. The summed E-state index contributed by atoms with van der Waals surface area (Å²) in [6.07, 6.45) is 1.99. The van der Waals surface area contributed by atoms with E-state index in [4.69, 9.17) is 10.00 Å². The molecule has 0 saturated heterocycles. The molecule has 0 radical (unpaired) electrons. The Kier molecular flexibility index (Phi) is 3.14. The van der Waals surface area contributed by atoms with E-state index in [-0.39, 0.29) is 12.1 Å². The molecule has 1 atom stereocenters. The maximum atomic E-state index is 11.3. The van der Waals surface area contributed by atoms with E-state index in [0.717, 1.165) is 29.5 Å². The Morgan fingerprint density at radius 2 is 2.35 bits per heavy atom. The van der Waals surface area contributed by atoms with E-state index in [1.165, 1.54) is 0 Å². The van der Waals surface area contributed by atoms with Crippen molar-refractivity contribution in [2.24, 2.45) is 0 Å². The SMILES string of the molecule is CCC(=O)OC1CCc2cc(C#N)c(C)cc21. The highest BCUT2D eigenvalue weighted by atomic mass is 16.5. The van der Waals surface area contributed by atoms with Crippen molar-refractivity contribution in [3.63, 3.8) is 0 Å². The van der Waals surface area contributed by atoms with Crippen LogP contribution >= 0.6 is 0 Å². The Bertz CT molecular complexity index is 500. The van der Waals surface area contributed by atoms with Crippen LogP contribution in [0.2, 0.25) is 0 Å². The van der Waals surface area contributed by atoms with E-state index in [1.807, 2.05) is 19.1 Å². The summed E-state index contributed by atoms with van der Waals surface area (Å²) >= 11 is 0. The van der Waals surface area contributed by atoms with Crippen LogP contribution in [-0.2, 0) is 16.0 Å². The highest BCUT2D eigenvalue weighted by Gasteiger charge is 2.26. The molecule has 0 aromatic heterocycles. The normalized spacial score (nSPS) is 17.4. The molecule has 0 saturated carbocycles. The molecule has 17 heavy (non-hydrogen) atoms. The number of hydrogen-bond donors (Lipinski definition) is 0. The third kappa shape index (κ3) is 2.16. The maximum absolute atomic E-state index is 11.3. The van der Waals surface area contributed by atoms with Crippen LogP contribution in [0.1, 0.15) is 48.1 Å². The molecular weight excluding hydrogens is 214 g/mol. The smallest absolute Gasteiger partial charge is 0.306 e. The Morgan fingerprint density at radius 1 is 1.59 bits per heavy atom. The summed E-state index contributed by atoms with van der Waals surface area (Å²) in [7, 11) is 0. The van der Waals surface area contributed by atoms with Gasteiger partial charge >= 0.3 is 5.97 Å². The second-order valence-electron chi connectivity index (χ2n) is 4.35. The topological polar surface area (TPSA) is 50.1 Å². The second kappa shape index (κ2) is 4.58. The Labute approximate surface area is 101 Å². The average Bonchev–Trinajstić information content (AvgIpc) is 2.70. The molecule has 0 bridgehead atoms. The molecule has 0 heterocycles. The molecule has 0 N–H and O–H groups in total. The summed E-state index contributed by atoms with van der Waals surface area (Å²) in [6.45, 7) is 3.71. The van der Waals surface area contributed by atoms with E-state index >= 15 is 0 Å². The molecule has 88 valence electrons. The fourth-order valence-corrected chi connectivity index (χ4v) is 2.22. The average molecular weight is 229 g/mol. The van der Waals surface area contributed by atoms with Gasteiger partial charge in [0.15, 0.2) is 0 Å². The Hall–Kier alpha value is -1.82. The van der Waals surface area contributed by atoms with Crippen molar-refractivity contribution in [1.29, 1.82) is 5.26 Å². The number of nitriles is 1. The standard InChI is InChI=1S/C14H15NO2/c1-3-14(16)17-13-5-4-10-7-11(8-15)9(2)6-12(10)13/h6-7,13H,3-5H2,1-2H3. The molecule has 0 aliphatic heterocycles. The molecular formula is C14H15NO2. The second-order valence-corrected chi connectivity index (χ2v) is 4.35. The maximum Gasteiger partial charge on any atom is 0.306 e. The van der Waals surface area contributed by atoms with Gasteiger partial charge in [-0.3, -0.25) is 4.79 Å². The molecule has 0 amide bonds. The van der Waals surface area contributed by atoms with Crippen molar-refractivity contribution >= 4 is 5.97 Å². The van der Waals surface area contributed by atoms with Gasteiger partial charge in [0.25, 0.3) is 0 Å². The number of ether oxygens (including phenoxy) is 1. The first kappa shape index (κ1) is 11.7. The van der Waals surface area contributed by atoms with E-state index in [9.17, 15) is 4.79 Å². The number of rotatable bonds is 2. The first-order valence-corrected chi connectivity index (χ1v) is 5.88. The molecule has 1 aliphatic rings. The zero-order valence-corrected chi connectivity index (χ0v) is 10.1. The predicted molar refractivity (Wildman–Crippen MR) is 63.3 cm³/mol. The van der Waals surface area contributed by atoms with Crippen molar-refractivity contribution in [2.45, 2.75) is 39.2 Å². The minimum Gasteiger partial charge on any atom is -0.457 e. The Morgan fingerprint density at radius 3 is 3.00 bits per heavy atom. The number of hydrogen-bond acceptors (Lipinski definition) is 3. The van der Waals surface area contributed by atoms with Gasteiger partial charge in [0.05, 0.1) is 11.6 Å². The summed E-state index contributed by atoms with van der Waals surface area (Å²) in [4.78, 5) is 11.3. The van der Waals surface area contributed by atoms with Gasteiger partial charge in [-0.15, -0.1) is 0 Å². The lowest BCUT2D eigenvalue weighted by molar-refractivity contribution is -0.148. The third-order valence-electron chi connectivity index (χ3n) is 3.19. The van der Waals surface area contributed by atoms with Crippen molar-refractivity contribution in [1.82, 2.24) is 0 Å². The predicted octanol–water partition coefficient (Wildman–Crippen LogP) is 2.81. The van der Waals surface area contributed by atoms with Gasteiger partial charge in [0, 0.05) is 6.42 Å². The summed E-state index contributed by atoms with van der Waals surface area (Å²) in [5.74, 6) is -0.162. The number of nitrogens with zero attached hydrogens (tertiary/aromatic N) is 1. The summed E-state index contributed by atoms with van der Waals surface area (Å²) in [5.41, 5.74) is 3.88. The fourth-order valence-electron chi connectivity index (χ4n) is 2.22. The van der Waals surface area contributed by atoms with E-state index < -0.39 is 0 Å². The van der Waals surface area contributed by atoms with E-state index in [1.54, 1.807) is 6.92 Å². The summed E-state index contributed by atoms with van der Waals surface area (Å²) in [5, 5.41) is 8.96. The van der Waals surface area contributed by atoms with Crippen LogP contribution in [0.4, 0.5) is 0 Å². The Balaban J connectivity index is 2.30. The number of benzene rings is 1. The van der Waals surface area contributed by atoms with Crippen LogP contribution in [-0.4, -0.2) is 5.97 Å². The van der Waals surface area contributed by atoms with Crippen molar-refractivity contribution in [3.05, 3.63) is 34.4 Å². The fraction of sp³-hybridized carbons (Fsp3) is 0.429. The number of carbonyl (C=O) groups is 1. The minimum atomic E-state index is -0.162. The van der Waals surface area contributed by atoms with Crippen LogP contribution in [0.15, 0.2) is 12.1 Å². The van der Waals surface area contributed by atoms with Gasteiger partial charge in [-0.05, 0) is 42.5 Å².